The van der Waals surface area contributed by atoms with Crippen LogP contribution in [0.3, 0.4) is 0 Å². The highest BCUT2D eigenvalue weighted by Crippen LogP contribution is 2.12. The minimum atomic E-state index is -0.00867. The highest BCUT2D eigenvalue weighted by Gasteiger charge is 2.07. The van der Waals surface area contributed by atoms with E-state index in [-0.39, 0.29) is 17.4 Å². The van der Waals surface area contributed by atoms with Gasteiger partial charge >= 0.3 is 6.01 Å². The Kier molecular flexibility index (Phi) is 5.12. The lowest BCUT2D eigenvalue weighted by Crippen LogP contribution is -2.12. The van der Waals surface area contributed by atoms with Crippen molar-refractivity contribution in [1.82, 2.24) is 15.0 Å². The minimum Gasteiger partial charge on any atom is -0.461 e. The van der Waals surface area contributed by atoms with E-state index in [1.807, 2.05) is 32.0 Å². The molecule has 106 valence electrons. The molecule has 0 saturated carbocycles. The smallest absolute Gasteiger partial charge is 0.322 e. The third-order valence-corrected chi connectivity index (χ3v) is 2.64. The van der Waals surface area contributed by atoms with E-state index in [2.05, 4.69) is 32.4 Å². The van der Waals surface area contributed by atoms with Crippen molar-refractivity contribution in [2.75, 3.05) is 11.9 Å². The summed E-state index contributed by atoms with van der Waals surface area (Å²) < 4.78 is 5.41. The number of rotatable bonds is 6. The maximum absolute atomic E-state index is 5.85. The molecule has 0 bridgehead atoms. The average Bonchev–Trinajstić information content (AvgIpc) is 2.38. The van der Waals surface area contributed by atoms with Gasteiger partial charge in [0.05, 0.1) is 6.10 Å². The number of hydrogen-bond donors (Lipinski definition) is 1. The third kappa shape index (κ3) is 4.66. The van der Waals surface area contributed by atoms with Crippen LogP contribution in [0.15, 0.2) is 30.3 Å². The standard InChI is InChI=1S/C14H17ClN4O/c1-10(2)20-14-18-12(15)17-13(19-14)16-9-8-11-6-4-3-5-7-11/h3-7,10H,8-9H2,1-2H3,(H,16,17,18,19). The number of hydrogen-bond acceptors (Lipinski definition) is 5. The Morgan fingerprint density at radius 1 is 1.15 bits per heavy atom. The Morgan fingerprint density at radius 2 is 1.90 bits per heavy atom. The van der Waals surface area contributed by atoms with Crippen LogP contribution in [0, 0.1) is 0 Å². The Balaban J connectivity index is 1.93. The Bertz CT molecular complexity index is 548. The molecule has 0 spiro atoms. The molecule has 0 aliphatic heterocycles. The van der Waals surface area contributed by atoms with Crippen LogP contribution in [0.1, 0.15) is 19.4 Å². The van der Waals surface area contributed by atoms with Crippen LogP contribution in [0.2, 0.25) is 5.28 Å². The van der Waals surface area contributed by atoms with Crippen LogP contribution in [0.5, 0.6) is 6.01 Å². The van der Waals surface area contributed by atoms with E-state index < -0.39 is 0 Å². The first-order valence-corrected chi connectivity index (χ1v) is 6.87. The molecule has 0 radical (unpaired) electrons. The topological polar surface area (TPSA) is 59.9 Å². The van der Waals surface area contributed by atoms with Crippen molar-refractivity contribution in [2.45, 2.75) is 26.4 Å². The summed E-state index contributed by atoms with van der Waals surface area (Å²) in [6, 6.07) is 10.4. The summed E-state index contributed by atoms with van der Waals surface area (Å²) in [5.74, 6) is 0.427. The van der Waals surface area contributed by atoms with Crippen molar-refractivity contribution < 1.29 is 4.74 Å². The second-order valence-corrected chi connectivity index (χ2v) is 4.88. The zero-order chi connectivity index (χ0) is 14.4. The molecule has 0 fully saturated rings. The molecule has 0 aliphatic carbocycles. The number of ether oxygens (including phenoxy) is 1. The number of anilines is 1. The molecule has 0 aliphatic rings. The molecule has 2 aromatic rings. The maximum Gasteiger partial charge on any atom is 0.322 e. The van der Waals surface area contributed by atoms with E-state index in [4.69, 9.17) is 16.3 Å². The van der Waals surface area contributed by atoms with Gasteiger partial charge in [0.1, 0.15) is 0 Å². The van der Waals surface area contributed by atoms with Gasteiger partial charge in [0, 0.05) is 6.54 Å². The Labute approximate surface area is 123 Å². The van der Waals surface area contributed by atoms with Crippen LogP contribution in [-0.2, 0) is 6.42 Å². The summed E-state index contributed by atoms with van der Waals surface area (Å²) in [6.45, 7) is 4.52. The van der Waals surface area contributed by atoms with Crippen molar-refractivity contribution in [3.63, 3.8) is 0 Å². The summed E-state index contributed by atoms with van der Waals surface area (Å²) in [6.07, 6.45) is 0.871. The van der Waals surface area contributed by atoms with Crippen molar-refractivity contribution in [2.24, 2.45) is 0 Å². The first kappa shape index (κ1) is 14.5. The van der Waals surface area contributed by atoms with Gasteiger partial charge < -0.3 is 10.1 Å². The molecular formula is C14H17ClN4O. The first-order valence-electron chi connectivity index (χ1n) is 6.49. The van der Waals surface area contributed by atoms with E-state index in [9.17, 15) is 0 Å². The SMILES string of the molecule is CC(C)Oc1nc(Cl)nc(NCCc2ccccc2)n1. The van der Waals surface area contributed by atoms with Crippen molar-refractivity contribution in [3.05, 3.63) is 41.2 Å². The molecule has 5 nitrogen and oxygen atoms in total. The lowest BCUT2D eigenvalue weighted by molar-refractivity contribution is 0.222. The summed E-state index contributed by atoms with van der Waals surface area (Å²) in [5.41, 5.74) is 1.25. The lowest BCUT2D eigenvalue weighted by atomic mass is 10.1. The molecule has 20 heavy (non-hydrogen) atoms. The van der Waals surface area contributed by atoms with Crippen molar-refractivity contribution in [1.29, 1.82) is 0 Å². The summed E-state index contributed by atoms with van der Waals surface area (Å²) in [4.78, 5) is 12.1. The van der Waals surface area contributed by atoms with Crippen LogP contribution in [0.25, 0.3) is 0 Å². The molecule has 0 amide bonds. The number of nitrogens with zero attached hydrogens (tertiary/aromatic N) is 3. The summed E-state index contributed by atoms with van der Waals surface area (Å²) in [7, 11) is 0. The molecule has 0 atom stereocenters. The van der Waals surface area contributed by atoms with Gasteiger partial charge in [-0.25, -0.2) is 0 Å². The third-order valence-electron chi connectivity index (χ3n) is 2.47. The molecule has 0 saturated heterocycles. The van der Waals surface area contributed by atoms with E-state index in [0.29, 0.717) is 12.5 Å². The minimum absolute atomic E-state index is 0.00867. The Morgan fingerprint density at radius 3 is 2.60 bits per heavy atom. The van der Waals surface area contributed by atoms with E-state index >= 15 is 0 Å². The fourth-order valence-corrected chi connectivity index (χ4v) is 1.79. The van der Waals surface area contributed by atoms with Gasteiger partial charge in [-0.3, -0.25) is 0 Å². The first-order chi connectivity index (χ1) is 9.63. The van der Waals surface area contributed by atoms with Gasteiger partial charge in [-0.2, -0.15) is 15.0 Å². The molecule has 1 aromatic heterocycles. The predicted molar refractivity (Wildman–Crippen MR) is 79.2 cm³/mol. The molecule has 6 heteroatoms. The van der Waals surface area contributed by atoms with Crippen molar-refractivity contribution in [3.8, 4) is 6.01 Å². The van der Waals surface area contributed by atoms with Crippen LogP contribution < -0.4 is 10.1 Å². The molecule has 1 heterocycles. The molecule has 1 aromatic carbocycles. The molecule has 1 N–H and O–H groups in total. The number of halogens is 1. The van der Waals surface area contributed by atoms with Gasteiger partial charge in [0.2, 0.25) is 11.2 Å². The maximum atomic E-state index is 5.85. The van der Waals surface area contributed by atoms with Gasteiger partial charge in [-0.15, -0.1) is 0 Å². The highest BCUT2D eigenvalue weighted by atomic mass is 35.5. The van der Waals surface area contributed by atoms with E-state index in [1.165, 1.54) is 5.56 Å². The van der Waals surface area contributed by atoms with Gasteiger partial charge in [-0.05, 0) is 37.4 Å². The van der Waals surface area contributed by atoms with E-state index in [0.717, 1.165) is 6.42 Å². The second kappa shape index (κ2) is 7.05. The van der Waals surface area contributed by atoms with E-state index in [1.54, 1.807) is 0 Å². The van der Waals surface area contributed by atoms with Gasteiger partial charge in [-0.1, -0.05) is 30.3 Å². The monoisotopic (exact) mass is 292 g/mol. The Hall–Kier alpha value is -1.88. The normalized spacial score (nSPS) is 10.6. The highest BCUT2D eigenvalue weighted by molar-refractivity contribution is 6.28. The van der Waals surface area contributed by atoms with Gasteiger partial charge in [0.15, 0.2) is 0 Å². The largest absolute Gasteiger partial charge is 0.461 e. The summed E-state index contributed by atoms with van der Waals surface area (Å²) >= 11 is 5.85. The van der Waals surface area contributed by atoms with Crippen molar-refractivity contribution >= 4 is 17.5 Å². The van der Waals surface area contributed by atoms with Crippen LogP contribution in [-0.4, -0.2) is 27.6 Å². The second-order valence-electron chi connectivity index (χ2n) is 4.54. The quantitative estimate of drug-likeness (QED) is 0.887. The molecule has 0 unspecified atom stereocenters. The van der Waals surface area contributed by atoms with Crippen LogP contribution in [0.4, 0.5) is 5.95 Å². The zero-order valence-electron chi connectivity index (χ0n) is 11.5. The number of benzene rings is 1. The number of aromatic nitrogens is 3. The van der Waals surface area contributed by atoms with Gasteiger partial charge in [0.25, 0.3) is 0 Å². The fraction of sp³-hybridized carbons (Fsp3) is 0.357. The zero-order valence-corrected chi connectivity index (χ0v) is 12.3. The lowest BCUT2D eigenvalue weighted by Gasteiger charge is -2.09. The average molecular weight is 293 g/mol. The molecular weight excluding hydrogens is 276 g/mol. The number of nitrogens with one attached hydrogen (secondary N) is 1. The molecule has 2 rings (SSSR count). The predicted octanol–water partition coefficient (Wildman–Crippen LogP) is 2.97. The summed E-state index contributed by atoms with van der Waals surface area (Å²) in [5, 5.41) is 3.24. The fourth-order valence-electron chi connectivity index (χ4n) is 1.64. The van der Waals surface area contributed by atoms with Crippen LogP contribution >= 0.6 is 11.6 Å².